The molecule has 0 bridgehead atoms. The Morgan fingerprint density at radius 1 is 1.61 bits per heavy atom. The molecule has 1 aliphatic rings. The number of rotatable bonds is 2. The molecule has 0 amide bonds. The first-order chi connectivity index (χ1) is 8.49. The smallest absolute Gasteiger partial charge is 0.314 e. The molecule has 7 nitrogen and oxygen atoms in total. The van der Waals surface area contributed by atoms with Crippen LogP contribution in [0.4, 0.5) is 5.69 Å². The van der Waals surface area contributed by atoms with Gasteiger partial charge in [0.2, 0.25) is 0 Å². The van der Waals surface area contributed by atoms with E-state index >= 15 is 0 Å². The number of allylic oxidation sites excluding steroid dienone is 2. The highest BCUT2D eigenvalue weighted by Crippen LogP contribution is 2.30. The number of nitrogens with two attached hydrogens (primary N) is 1. The predicted molar refractivity (Wildman–Crippen MR) is 64.7 cm³/mol. The van der Waals surface area contributed by atoms with Crippen molar-refractivity contribution in [3.63, 3.8) is 0 Å². The number of hydrogen-bond acceptors (Lipinski definition) is 5. The first-order valence-corrected chi connectivity index (χ1v) is 5.64. The number of hydrogen-bond donors (Lipinski definition) is 1. The van der Waals surface area contributed by atoms with Gasteiger partial charge in [0, 0.05) is 19.5 Å². The van der Waals surface area contributed by atoms with Gasteiger partial charge in [0.25, 0.3) is 0 Å². The fourth-order valence-electron chi connectivity index (χ4n) is 2.15. The largest absolute Gasteiger partial charge is 0.327 e. The Morgan fingerprint density at radius 2 is 2.33 bits per heavy atom. The van der Waals surface area contributed by atoms with Gasteiger partial charge in [-0.15, -0.1) is 0 Å². The summed E-state index contributed by atoms with van der Waals surface area (Å²) >= 11 is 0. The Kier molecular flexibility index (Phi) is 3.24. The number of nitro groups is 1. The molecule has 0 fully saturated rings. The van der Waals surface area contributed by atoms with E-state index < -0.39 is 4.92 Å². The molecular weight excluding hydrogens is 236 g/mol. The Labute approximate surface area is 103 Å². The second kappa shape index (κ2) is 4.69. The van der Waals surface area contributed by atoms with Crippen molar-refractivity contribution >= 4 is 17.0 Å². The molecule has 2 N–H and O–H groups in total. The minimum absolute atomic E-state index is 0.0768. The van der Waals surface area contributed by atoms with Gasteiger partial charge in [0.1, 0.15) is 11.9 Å². The van der Waals surface area contributed by atoms with Gasteiger partial charge in [-0.3, -0.25) is 19.6 Å². The summed E-state index contributed by atoms with van der Waals surface area (Å²) < 4.78 is 1.42. The average molecular weight is 250 g/mol. The van der Waals surface area contributed by atoms with E-state index in [-0.39, 0.29) is 23.9 Å². The standard InChI is InChI=1S/C11H14N4O3/c1-14-11(10(6-13-14)15(17)18)7-2-3-8(12)5-9(16)4-7/h4,6,8H,2-3,5,12H2,1H3. The fraction of sp³-hybridized carbons (Fsp3) is 0.455. The molecule has 0 aromatic carbocycles. The molecular formula is C11H14N4O3. The maximum absolute atomic E-state index is 11.6. The van der Waals surface area contributed by atoms with Crippen LogP contribution in [0, 0.1) is 10.1 Å². The van der Waals surface area contributed by atoms with Gasteiger partial charge in [0.05, 0.1) is 4.92 Å². The Hall–Kier alpha value is -2.02. The molecule has 1 atom stereocenters. The van der Waals surface area contributed by atoms with E-state index in [9.17, 15) is 14.9 Å². The summed E-state index contributed by atoms with van der Waals surface area (Å²) in [5.41, 5.74) is 6.72. The van der Waals surface area contributed by atoms with Crippen LogP contribution in [0.25, 0.3) is 5.57 Å². The van der Waals surface area contributed by atoms with E-state index in [0.29, 0.717) is 24.1 Å². The Balaban J connectivity index is 2.45. The number of aromatic nitrogens is 2. The molecule has 0 radical (unpaired) electrons. The molecule has 7 heteroatoms. The lowest BCUT2D eigenvalue weighted by Crippen LogP contribution is -2.21. The van der Waals surface area contributed by atoms with E-state index in [1.54, 1.807) is 7.05 Å². The normalized spacial score (nSPS) is 20.4. The van der Waals surface area contributed by atoms with E-state index in [2.05, 4.69) is 5.10 Å². The molecule has 1 unspecified atom stereocenters. The number of carbonyl (C=O) groups excluding carboxylic acids is 1. The minimum atomic E-state index is -0.488. The average Bonchev–Trinajstić information content (AvgIpc) is 2.58. The molecule has 0 saturated heterocycles. The monoisotopic (exact) mass is 250 g/mol. The van der Waals surface area contributed by atoms with Crippen molar-refractivity contribution in [3.8, 4) is 0 Å². The van der Waals surface area contributed by atoms with Crippen LogP contribution in [0.2, 0.25) is 0 Å². The topological polar surface area (TPSA) is 104 Å². The SMILES string of the molecule is Cn1ncc([N+](=O)[O-])c1C1=CC(=O)CC(N)CC1. The van der Waals surface area contributed by atoms with Crippen molar-refractivity contribution in [1.29, 1.82) is 0 Å². The lowest BCUT2D eigenvalue weighted by Gasteiger charge is -2.07. The highest BCUT2D eigenvalue weighted by atomic mass is 16.6. The van der Waals surface area contributed by atoms with Crippen molar-refractivity contribution in [2.75, 3.05) is 0 Å². The molecule has 18 heavy (non-hydrogen) atoms. The van der Waals surface area contributed by atoms with Crippen molar-refractivity contribution in [1.82, 2.24) is 9.78 Å². The van der Waals surface area contributed by atoms with Crippen LogP contribution < -0.4 is 5.73 Å². The molecule has 0 aliphatic heterocycles. The lowest BCUT2D eigenvalue weighted by atomic mass is 10.0. The van der Waals surface area contributed by atoms with Crippen LogP contribution in [0.5, 0.6) is 0 Å². The zero-order valence-corrected chi connectivity index (χ0v) is 10.00. The second-order valence-electron chi connectivity index (χ2n) is 4.40. The summed E-state index contributed by atoms with van der Waals surface area (Å²) in [7, 11) is 1.62. The molecule has 1 aromatic heterocycles. The minimum Gasteiger partial charge on any atom is -0.327 e. The van der Waals surface area contributed by atoms with Gasteiger partial charge >= 0.3 is 5.69 Å². The van der Waals surface area contributed by atoms with Crippen molar-refractivity contribution in [2.24, 2.45) is 12.8 Å². The zero-order chi connectivity index (χ0) is 13.3. The van der Waals surface area contributed by atoms with Crippen LogP contribution in [0.15, 0.2) is 12.3 Å². The van der Waals surface area contributed by atoms with E-state index in [1.807, 2.05) is 0 Å². The van der Waals surface area contributed by atoms with Gasteiger partial charge in [-0.25, -0.2) is 0 Å². The van der Waals surface area contributed by atoms with Gasteiger partial charge in [0.15, 0.2) is 5.78 Å². The van der Waals surface area contributed by atoms with Crippen LogP contribution in [0.1, 0.15) is 25.0 Å². The summed E-state index contributed by atoms with van der Waals surface area (Å²) in [6, 6.07) is -0.182. The zero-order valence-electron chi connectivity index (χ0n) is 10.00. The number of ketones is 1. The summed E-state index contributed by atoms with van der Waals surface area (Å²) in [5.74, 6) is -0.0921. The fourth-order valence-corrected chi connectivity index (χ4v) is 2.15. The third kappa shape index (κ3) is 2.30. The van der Waals surface area contributed by atoms with Crippen molar-refractivity contribution in [2.45, 2.75) is 25.3 Å². The molecule has 0 saturated carbocycles. The predicted octanol–water partition coefficient (Wildman–Crippen LogP) is 0.792. The molecule has 96 valence electrons. The lowest BCUT2D eigenvalue weighted by molar-refractivity contribution is -0.385. The summed E-state index contributed by atoms with van der Waals surface area (Å²) in [5, 5.41) is 14.8. The van der Waals surface area contributed by atoms with E-state index in [1.165, 1.54) is 17.0 Å². The van der Waals surface area contributed by atoms with Gasteiger partial charge in [-0.2, -0.15) is 5.10 Å². The Bertz CT molecular complexity index is 532. The number of carbonyl (C=O) groups is 1. The highest BCUT2D eigenvalue weighted by molar-refractivity contribution is 5.98. The maximum atomic E-state index is 11.6. The van der Waals surface area contributed by atoms with Crippen LogP contribution in [0.3, 0.4) is 0 Å². The summed E-state index contributed by atoms with van der Waals surface area (Å²) in [6.07, 6.45) is 4.13. The van der Waals surface area contributed by atoms with E-state index in [4.69, 9.17) is 5.73 Å². The summed E-state index contributed by atoms with van der Waals surface area (Å²) in [6.45, 7) is 0. The van der Waals surface area contributed by atoms with Gasteiger partial charge in [-0.1, -0.05) is 0 Å². The third-order valence-corrected chi connectivity index (χ3v) is 3.00. The number of aryl methyl sites for hydroxylation is 1. The quantitative estimate of drug-likeness (QED) is 0.617. The Morgan fingerprint density at radius 3 is 3.00 bits per heavy atom. The number of nitrogens with zero attached hydrogens (tertiary/aromatic N) is 3. The first-order valence-electron chi connectivity index (χ1n) is 5.64. The van der Waals surface area contributed by atoms with Crippen LogP contribution in [-0.2, 0) is 11.8 Å². The molecule has 1 heterocycles. The molecule has 2 rings (SSSR count). The second-order valence-corrected chi connectivity index (χ2v) is 4.40. The maximum Gasteiger partial charge on any atom is 0.314 e. The van der Waals surface area contributed by atoms with Gasteiger partial charge in [-0.05, 0) is 24.5 Å². The van der Waals surface area contributed by atoms with E-state index in [0.717, 1.165) is 0 Å². The van der Waals surface area contributed by atoms with Crippen LogP contribution in [-0.4, -0.2) is 26.5 Å². The van der Waals surface area contributed by atoms with Crippen molar-refractivity contribution < 1.29 is 9.72 Å². The highest BCUT2D eigenvalue weighted by Gasteiger charge is 2.25. The van der Waals surface area contributed by atoms with Gasteiger partial charge < -0.3 is 5.73 Å². The van der Waals surface area contributed by atoms with Crippen molar-refractivity contribution in [3.05, 3.63) is 28.1 Å². The molecule has 1 aliphatic carbocycles. The molecule has 0 spiro atoms. The third-order valence-electron chi connectivity index (χ3n) is 3.00. The first kappa shape index (κ1) is 12.4. The summed E-state index contributed by atoms with van der Waals surface area (Å²) in [4.78, 5) is 22.1. The van der Waals surface area contributed by atoms with Crippen LogP contribution >= 0.6 is 0 Å². The molecule has 1 aromatic rings.